The van der Waals surface area contributed by atoms with Crippen LogP contribution in [0, 0.1) is 0 Å². The van der Waals surface area contributed by atoms with Gasteiger partial charge in [-0.15, -0.1) is 0 Å². The molecule has 1 saturated heterocycles. The fourth-order valence-corrected chi connectivity index (χ4v) is 2.19. The van der Waals surface area contributed by atoms with Crippen LogP contribution in [-0.4, -0.2) is 31.2 Å². The summed E-state index contributed by atoms with van der Waals surface area (Å²) in [5.41, 5.74) is 0.986. The van der Waals surface area contributed by atoms with Gasteiger partial charge in [-0.3, -0.25) is 4.79 Å². The van der Waals surface area contributed by atoms with Gasteiger partial charge in [-0.2, -0.15) is 0 Å². The minimum atomic E-state index is -0.280. The number of hydrogen-bond acceptors (Lipinski definition) is 3. The van der Waals surface area contributed by atoms with Crippen LogP contribution >= 0.6 is 11.6 Å². The first kappa shape index (κ1) is 13.3. The van der Waals surface area contributed by atoms with Crippen LogP contribution in [0.3, 0.4) is 0 Å². The van der Waals surface area contributed by atoms with E-state index in [-0.39, 0.29) is 18.1 Å². The Morgan fingerprint density at radius 3 is 3.17 bits per heavy atom. The number of rotatable bonds is 3. The van der Waals surface area contributed by atoms with E-state index in [0.717, 1.165) is 5.56 Å². The van der Waals surface area contributed by atoms with Gasteiger partial charge in [0.05, 0.1) is 12.7 Å². The van der Waals surface area contributed by atoms with Crippen molar-refractivity contribution in [3.05, 3.63) is 34.9 Å². The van der Waals surface area contributed by atoms with Crippen molar-refractivity contribution >= 4 is 17.5 Å². The Hall–Kier alpha value is -1.10. The van der Waals surface area contributed by atoms with E-state index in [2.05, 4.69) is 10.6 Å². The summed E-state index contributed by atoms with van der Waals surface area (Å²) in [6.07, 6.45) is -0.0990. The van der Waals surface area contributed by atoms with E-state index in [4.69, 9.17) is 16.3 Å². The van der Waals surface area contributed by atoms with Crippen LogP contribution < -0.4 is 10.6 Å². The normalized spacial score (nSPS) is 23.7. The van der Waals surface area contributed by atoms with Crippen molar-refractivity contribution in [1.82, 2.24) is 10.6 Å². The van der Waals surface area contributed by atoms with Crippen molar-refractivity contribution in [2.45, 2.75) is 25.6 Å². The topological polar surface area (TPSA) is 50.4 Å². The fourth-order valence-electron chi connectivity index (χ4n) is 1.97. The molecule has 0 spiro atoms. The van der Waals surface area contributed by atoms with Gasteiger partial charge in [-0.25, -0.2) is 0 Å². The van der Waals surface area contributed by atoms with Gasteiger partial charge in [-0.1, -0.05) is 23.7 Å². The summed E-state index contributed by atoms with van der Waals surface area (Å²) >= 11 is 5.89. The minimum Gasteiger partial charge on any atom is -0.375 e. The number of ether oxygens (including phenoxy) is 1. The molecule has 5 heteroatoms. The maximum atomic E-state index is 12.0. The average molecular weight is 269 g/mol. The third-order valence-electron chi connectivity index (χ3n) is 2.95. The van der Waals surface area contributed by atoms with E-state index in [9.17, 15) is 4.79 Å². The summed E-state index contributed by atoms with van der Waals surface area (Å²) in [6, 6.07) is 7.18. The number of carbonyl (C=O) groups excluding carboxylic acids is 1. The molecular formula is C13H17ClN2O2. The summed E-state index contributed by atoms with van der Waals surface area (Å²) < 4.78 is 5.44. The van der Waals surface area contributed by atoms with Gasteiger partial charge in [0.2, 0.25) is 5.91 Å². The van der Waals surface area contributed by atoms with Crippen LogP contribution in [0.25, 0.3) is 0 Å². The molecule has 0 unspecified atom stereocenters. The molecule has 1 aliphatic heterocycles. The summed E-state index contributed by atoms with van der Waals surface area (Å²) in [7, 11) is 0. The average Bonchev–Trinajstić information content (AvgIpc) is 2.37. The zero-order valence-electron chi connectivity index (χ0n) is 10.3. The summed E-state index contributed by atoms with van der Waals surface area (Å²) in [4.78, 5) is 12.0. The molecule has 0 bridgehead atoms. The number of nitrogens with one attached hydrogen (secondary N) is 2. The van der Waals surface area contributed by atoms with Gasteiger partial charge in [0.1, 0.15) is 6.04 Å². The predicted molar refractivity (Wildman–Crippen MR) is 70.5 cm³/mol. The molecule has 98 valence electrons. The lowest BCUT2D eigenvalue weighted by Gasteiger charge is -2.29. The smallest absolute Gasteiger partial charge is 0.240 e. The second-order valence-corrected chi connectivity index (χ2v) is 4.79. The lowest BCUT2D eigenvalue weighted by atomic mass is 10.1. The first-order valence-corrected chi connectivity index (χ1v) is 6.42. The van der Waals surface area contributed by atoms with Crippen LogP contribution in [-0.2, 0) is 16.1 Å². The van der Waals surface area contributed by atoms with Gasteiger partial charge in [0, 0.05) is 18.1 Å². The second kappa shape index (κ2) is 6.18. The molecule has 18 heavy (non-hydrogen) atoms. The minimum absolute atomic E-state index is 0.0397. The Labute approximate surface area is 112 Å². The number of morpholine rings is 1. The van der Waals surface area contributed by atoms with Gasteiger partial charge >= 0.3 is 0 Å². The maximum absolute atomic E-state index is 12.0. The highest BCUT2D eigenvalue weighted by Crippen LogP contribution is 2.10. The van der Waals surface area contributed by atoms with E-state index in [1.54, 1.807) is 0 Å². The lowest BCUT2D eigenvalue weighted by Crippen LogP contribution is -2.55. The van der Waals surface area contributed by atoms with Crippen molar-refractivity contribution in [1.29, 1.82) is 0 Å². The van der Waals surface area contributed by atoms with E-state index in [0.29, 0.717) is 24.7 Å². The van der Waals surface area contributed by atoms with E-state index in [1.165, 1.54) is 0 Å². The Morgan fingerprint density at radius 1 is 1.61 bits per heavy atom. The van der Waals surface area contributed by atoms with Crippen molar-refractivity contribution in [2.75, 3.05) is 13.2 Å². The van der Waals surface area contributed by atoms with Crippen molar-refractivity contribution in [2.24, 2.45) is 0 Å². The molecule has 1 amide bonds. The van der Waals surface area contributed by atoms with Gasteiger partial charge in [0.25, 0.3) is 0 Å². The highest BCUT2D eigenvalue weighted by atomic mass is 35.5. The molecule has 0 aromatic heterocycles. The molecule has 2 atom stereocenters. The number of amides is 1. The van der Waals surface area contributed by atoms with Crippen LogP contribution in [0.15, 0.2) is 24.3 Å². The highest BCUT2D eigenvalue weighted by Gasteiger charge is 2.27. The fraction of sp³-hybridized carbons (Fsp3) is 0.462. The molecule has 1 heterocycles. The SMILES string of the molecule is C[C@H]1OCCN[C@@H]1C(=O)NCc1cccc(Cl)c1. The number of benzene rings is 1. The van der Waals surface area contributed by atoms with Gasteiger partial charge < -0.3 is 15.4 Å². The quantitative estimate of drug-likeness (QED) is 0.870. The standard InChI is InChI=1S/C13H17ClN2O2/c1-9-12(15-5-6-18-9)13(17)16-8-10-3-2-4-11(14)7-10/h2-4,7,9,12,15H,5-6,8H2,1H3,(H,16,17)/t9-,12+/m1/s1. The number of hydrogen-bond donors (Lipinski definition) is 2. The molecule has 1 aromatic rings. The number of carbonyl (C=O) groups is 1. The molecule has 1 aliphatic rings. The Kier molecular flexibility index (Phi) is 4.58. The molecule has 1 aromatic carbocycles. The lowest BCUT2D eigenvalue weighted by molar-refractivity contribution is -0.129. The van der Waals surface area contributed by atoms with Crippen molar-refractivity contribution in [3.63, 3.8) is 0 Å². The summed E-state index contributed by atoms with van der Waals surface area (Å²) in [5, 5.41) is 6.71. The Bertz CT molecular complexity index is 425. The van der Waals surface area contributed by atoms with Crippen molar-refractivity contribution in [3.8, 4) is 0 Å². The van der Waals surface area contributed by atoms with Crippen molar-refractivity contribution < 1.29 is 9.53 Å². The van der Waals surface area contributed by atoms with Crippen LogP contribution in [0.1, 0.15) is 12.5 Å². The van der Waals surface area contributed by atoms with E-state index < -0.39 is 0 Å². The third-order valence-corrected chi connectivity index (χ3v) is 3.19. The second-order valence-electron chi connectivity index (χ2n) is 4.36. The van der Waals surface area contributed by atoms with Crippen LogP contribution in [0.2, 0.25) is 5.02 Å². The zero-order chi connectivity index (χ0) is 13.0. The van der Waals surface area contributed by atoms with E-state index >= 15 is 0 Å². The Balaban J connectivity index is 1.88. The highest BCUT2D eigenvalue weighted by molar-refractivity contribution is 6.30. The molecular weight excluding hydrogens is 252 g/mol. The van der Waals surface area contributed by atoms with Gasteiger partial charge in [0.15, 0.2) is 0 Å². The first-order chi connectivity index (χ1) is 8.66. The summed E-state index contributed by atoms with van der Waals surface area (Å²) in [5.74, 6) is -0.0397. The molecule has 4 nitrogen and oxygen atoms in total. The summed E-state index contributed by atoms with van der Waals surface area (Å²) in [6.45, 7) is 3.74. The molecule has 2 N–H and O–H groups in total. The molecule has 2 rings (SSSR count). The Morgan fingerprint density at radius 2 is 2.44 bits per heavy atom. The largest absolute Gasteiger partial charge is 0.375 e. The van der Waals surface area contributed by atoms with E-state index in [1.807, 2.05) is 31.2 Å². The first-order valence-electron chi connectivity index (χ1n) is 6.04. The predicted octanol–water partition coefficient (Wildman–Crippen LogP) is 1.33. The van der Waals surface area contributed by atoms with Crippen LogP contribution in [0.4, 0.5) is 0 Å². The number of halogens is 1. The monoisotopic (exact) mass is 268 g/mol. The van der Waals surface area contributed by atoms with Crippen LogP contribution in [0.5, 0.6) is 0 Å². The molecule has 1 fully saturated rings. The molecule has 0 aliphatic carbocycles. The zero-order valence-corrected chi connectivity index (χ0v) is 11.0. The molecule has 0 radical (unpaired) electrons. The maximum Gasteiger partial charge on any atom is 0.240 e. The molecule has 0 saturated carbocycles. The third kappa shape index (κ3) is 3.45. The van der Waals surface area contributed by atoms with Gasteiger partial charge in [-0.05, 0) is 24.6 Å².